The number of aromatic nitrogens is 1. The van der Waals surface area contributed by atoms with Crippen molar-refractivity contribution in [2.75, 3.05) is 25.5 Å². The second-order valence-corrected chi connectivity index (χ2v) is 6.72. The van der Waals surface area contributed by atoms with Gasteiger partial charge in [-0.15, -0.1) is 0 Å². The van der Waals surface area contributed by atoms with Gasteiger partial charge in [0.15, 0.2) is 0 Å². The molecule has 0 radical (unpaired) electrons. The zero-order valence-corrected chi connectivity index (χ0v) is 15.4. The zero-order valence-electron chi connectivity index (χ0n) is 14.7. The Bertz CT molecular complexity index is 994. The molecule has 0 unspecified atom stereocenters. The average Bonchev–Trinajstić information content (AvgIpc) is 2.63. The van der Waals surface area contributed by atoms with Gasteiger partial charge in [0.25, 0.3) is 5.91 Å². The van der Waals surface area contributed by atoms with E-state index < -0.39 is 0 Å². The lowest BCUT2D eigenvalue weighted by Gasteiger charge is -2.13. The largest absolute Gasteiger partial charge is 0.378 e. The molecule has 0 atom stereocenters. The molecule has 0 fully saturated rings. The first-order chi connectivity index (χ1) is 12.5. The SMILES string of the molecule is CN(C)c1ccc2c(=O)c(C(=O)NCCc3ccc(Cl)cc3)c[nH]c2c1. The van der Waals surface area contributed by atoms with E-state index in [0.29, 0.717) is 28.9 Å². The monoisotopic (exact) mass is 369 g/mol. The minimum atomic E-state index is -0.376. The number of benzene rings is 2. The molecule has 1 aromatic heterocycles. The van der Waals surface area contributed by atoms with Crippen LogP contribution in [-0.2, 0) is 6.42 Å². The highest BCUT2D eigenvalue weighted by Crippen LogP contribution is 2.17. The van der Waals surface area contributed by atoms with Crippen molar-refractivity contribution in [3.05, 3.63) is 75.0 Å². The van der Waals surface area contributed by atoms with Gasteiger partial charge in [-0.3, -0.25) is 9.59 Å². The average molecular weight is 370 g/mol. The van der Waals surface area contributed by atoms with Gasteiger partial charge in [0.1, 0.15) is 5.56 Å². The maximum absolute atomic E-state index is 12.6. The van der Waals surface area contributed by atoms with Crippen molar-refractivity contribution in [1.82, 2.24) is 10.3 Å². The molecule has 6 heteroatoms. The quantitative estimate of drug-likeness (QED) is 0.725. The van der Waals surface area contributed by atoms with E-state index in [9.17, 15) is 9.59 Å². The standard InChI is InChI=1S/C20H20ClN3O2/c1-24(2)15-7-8-16-18(11-15)23-12-17(19(16)25)20(26)22-10-9-13-3-5-14(21)6-4-13/h3-8,11-12H,9-10H2,1-2H3,(H,22,26)(H,23,25). The van der Waals surface area contributed by atoms with Crippen molar-refractivity contribution < 1.29 is 4.79 Å². The number of anilines is 1. The van der Waals surface area contributed by atoms with Crippen LogP contribution in [0.15, 0.2) is 53.5 Å². The Morgan fingerprint density at radius 1 is 1.15 bits per heavy atom. The third-order valence-corrected chi connectivity index (χ3v) is 4.49. The van der Waals surface area contributed by atoms with Crippen LogP contribution in [0.4, 0.5) is 5.69 Å². The van der Waals surface area contributed by atoms with Crippen LogP contribution in [0.2, 0.25) is 5.02 Å². The van der Waals surface area contributed by atoms with Gasteiger partial charge in [0.2, 0.25) is 5.43 Å². The molecule has 2 aromatic carbocycles. The Hall–Kier alpha value is -2.79. The fourth-order valence-corrected chi connectivity index (χ4v) is 2.85. The number of pyridine rings is 1. The second kappa shape index (κ2) is 7.62. The van der Waals surface area contributed by atoms with Gasteiger partial charge in [-0.1, -0.05) is 23.7 Å². The van der Waals surface area contributed by atoms with Crippen LogP contribution in [0.3, 0.4) is 0 Å². The fourth-order valence-electron chi connectivity index (χ4n) is 2.72. The third kappa shape index (κ3) is 3.89. The van der Waals surface area contributed by atoms with Crippen molar-refractivity contribution in [3.8, 4) is 0 Å². The summed E-state index contributed by atoms with van der Waals surface area (Å²) >= 11 is 5.86. The molecule has 0 aliphatic rings. The number of rotatable bonds is 5. The van der Waals surface area contributed by atoms with Crippen molar-refractivity contribution in [1.29, 1.82) is 0 Å². The van der Waals surface area contributed by atoms with Gasteiger partial charge in [0.05, 0.1) is 5.52 Å². The Morgan fingerprint density at radius 2 is 1.88 bits per heavy atom. The van der Waals surface area contributed by atoms with Crippen LogP contribution < -0.4 is 15.6 Å². The number of fused-ring (bicyclic) bond motifs is 1. The first kappa shape index (κ1) is 18.0. The molecule has 0 saturated heterocycles. The lowest BCUT2D eigenvalue weighted by Crippen LogP contribution is -2.30. The van der Waals surface area contributed by atoms with Gasteiger partial charge < -0.3 is 15.2 Å². The molecular formula is C20H20ClN3O2. The molecule has 5 nitrogen and oxygen atoms in total. The number of halogens is 1. The topological polar surface area (TPSA) is 65.2 Å². The smallest absolute Gasteiger partial charge is 0.256 e. The van der Waals surface area contributed by atoms with E-state index in [1.54, 1.807) is 6.07 Å². The number of carbonyl (C=O) groups excluding carboxylic acids is 1. The molecular weight excluding hydrogens is 350 g/mol. The third-order valence-electron chi connectivity index (χ3n) is 4.24. The van der Waals surface area contributed by atoms with Crippen molar-refractivity contribution in [2.45, 2.75) is 6.42 Å². The Balaban J connectivity index is 1.73. The van der Waals surface area contributed by atoms with Gasteiger partial charge in [0, 0.05) is 42.9 Å². The molecule has 26 heavy (non-hydrogen) atoms. The summed E-state index contributed by atoms with van der Waals surface area (Å²) in [6, 6.07) is 13.0. The predicted octanol–water partition coefficient (Wildman–Crippen LogP) is 3.22. The maximum Gasteiger partial charge on any atom is 0.256 e. The van der Waals surface area contributed by atoms with E-state index in [1.807, 2.05) is 55.4 Å². The first-order valence-electron chi connectivity index (χ1n) is 8.31. The van der Waals surface area contributed by atoms with Gasteiger partial charge >= 0.3 is 0 Å². The number of H-pyrrole nitrogens is 1. The molecule has 1 amide bonds. The van der Waals surface area contributed by atoms with Crippen LogP contribution in [-0.4, -0.2) is 31.5 Å². The Labute approximate surface area is 156 Å². The molecule has 1 heterocycles. The van der Waals surface area contributed by atoms with Gasteiger partial charge in [-0.25, -0.2) is 0 Å². The van der Waals surface area contributed by atoms with Crippen molar-refractivity contribution >= 4 is 34.1 Å². The number of amides is 1. The van der Waals surface area contributed by atoms with E-state index in [4.69, 9.17) is 11.6 Å². The van der Waals surface area contributed by atoms with E-state index in [1.165, 1.54) is 6.20 Å². The fraction of sp³-hybridized carbons (Fsp3) is 0.200. The summed E-state index contributed by atoms with van der Waals surface area (Å²) in [4.78, 5) is 30.0. The summed E-state index contributed by atoms with van der Waals surface area (Å²) in [5.41, 5.74) is 2.60. The van der Waals surface area contributed by atoms with Crippen LogP contribution in [0.5, 0.6) is 0 Å². The number of nitrogens with one attached hydrogen (secondary N) is 2. The van der Waals surface area contributed by atoms with Crippen LogP contribution in [0.25, 0.3) is 10.9 Å². The molecule has 134 valence electrons. The minimum Gasteiger partial charge on any atom is -0.378 e. The molecule has 3 aromatic rings. The lowest BCUT2D eigenvalue weighted by atomic mass is 10.1. The summed E-state index contributed by atoms with van der Waals surface area (Å²) in [6.45, 7) is 0.442. The molecule has 0 spiro atoms. The summed E-state index contributed by atoms with van der Waals surface area (Å²) in [6.07, 6.45) is 2.14. The number of hydrogen-bond acceptors (Lipinski definition) is 3. The predicted molar refractivity (Wildman–Crippen MR) is 106 cm³/mol. The molecule has 0 saturated carbocycles. The van der Waals surface area contributed by atoms with E-state index in [-0.39, 0.29) is 16.9 Å². The summed E-state index contributed by atoms with van der Waals surface area (Å²) in [5.74, 6) is -0.376. The van der Waals surface area contributed by atoms with E-state index in [2.05, 4.69) is 10.3 Å². The number of carbonyl (C=O) groups is 1. The maximum atomic E-state index is 12.6. The highest BCUT2D eigenvalue weighted by atomic mass is 35.5. The van der Waals surface area contributed by atoms with Crippen molar-refractivity contribution in [2.24, 2.45) is 0 Å². The molecule has 3 rings (SSSR count). The van der Waals surface area contributed by atoms with Gasteiger partial charge in [-0.05, 0) is 42.3 Å². The number of hydrogen-bond donors (Lipinski definition) is 2. The van der Waals surface area contributed by atoms with E-state index >= 15 is 0 Å². The van der Waals surface area contributed by atoms with Crippen molar-refractivity contribution in [3.63, 3.8) is 0 Å². The normalized spacial score (nSPS) is 10.7. The van der Waals surface area contributed by atoms with Crippen LogP contribution >= 0.6 is 11.6 Å². The molecule has 0 aliphatic heterocycles. The van der Waals surface area contributed by atoms with E-state index in [0.717, 1.165) is 11.3 Å². The second-order valence-electron chi connectivity index (χ2n) is 6.29. The first-order valence-corrected chi connectivity index (χ1v) is 8.69. The molecule has 0 bridgehead atoms. The van der Waals surface area contributed by atoms with Crippen LogP contribution in [0, 0.1) is 0 Å². The van der Waals surface area contributed by atoms with Crippen LogP contribution in [0.1, 0.15) is 15.9 Å². The summed E-state index contributed by atoms with van der Waals surface area (Å²) in [5, 5.41) is 3.98. The Morgan fingerprint density at radius 3 is 2.58 bits per heavy atom. The molecule has 0 aliphatic carbocycles. The number of aromatic amines is 1. The lowest BCUT2D eigenvalue weighted by molar-refractivity contribution is 0.0953. The summed E-state index contributed by atoms with van der Waals surface area (Å²) < 4.78 is 0. The minimum absolute atomic E-state index is 0.117. The number of nitrogens with zero attached hydrogens (tertiary/aromatic N) is 1. The highest BCUT2D eigenvalue weighted by molar-refractivity contribution is 6.30. The zero-order chi connectivity index (χ0) is 18.7. The highest BCUT2D eigenvalue weighted by Gasteiger charge is 2.13. The molecule has 2 N–H and O–H groups in total. The van der Waals surface area contributed by atoms with Gasteiger partial charge in [-0.2, -0.15) is 0 Å². The summed E-state index contributed by atoms with van der Waals surface area (Å²) in [7, 11) is 3.86. The Kier molecular flexibility index (Phi) is 5.28.